The third-order valence-electron chi connectivity index (χ3n) is 7.72. The van der Waals surface area contributed by atoms with Crippen molar-refractivity contribution in [1.29, 1.82) is 0 Å². The van der Waals surface area contributed by atoms with Crippen molar-refractivity contribution < 1.29 is 9.53 Å². The van der Waals surface area contributed by atoms with Gasteiger partial charge in [0.25, 0.3) is 0 Å². The van der Waals surface area contributed by atoms with Gasteiger partial charge in [-0.3, -0.25) is 9.78 Å². The lowest BCUT2D eigenvalue weighted by Gasteiger charge is -2.38. The third-order valence-corrected chi connectivity index (χ3v) is 7.72. The van der Waals surface area contributed by atoms with Crippen molar-refractivity contribution in [2.24, 2.45) is 23.7 Å². The smallest absolute Gasteiger partial charge is 0.311 e. The van der Waals surface area contributed by atoms with Gasteiger partial charge in [0.15, 0.2) is 0 Å². The van der Waals surface area contributed by atoms with Gasteiger partial charge in [-0.2, -0.15) is 0 Å². The standard InChI is InChI=1S/C27H43NO2/c1-3-5-7-27(29)30-26-19-18-25(28-20-26)17-12-22-10-15-24(16-11-22)23-13-8-21(6-4-2)9-14-23/h18-24H,3-17H2,1-2H3. The van der Waals surface area contributed by atoms with Crippen molar-refractivity contribution in [2.75, 3.05) is 0 Å². The van der Waals surface area contributed by atoms with Gasteiger partial charge in [-0.15, -0.1) is 0 Å². The Labute approximate surface area is 184 Å². The van der Waals surface area contributed by atoms with E-state index in [2.05, 4.69) is 18.8 Å². The summed E-state index contributed by atoms with van der Waals surface area (Å²) in [6.45, 7) is 4.41. The molecule has 0 unspecified atom stereocenters. The van der Waals surface area contributed by atoms with Gasteiger partial charge in [0, 0.05) is 12.1 Å². The lowest BCUT2D eigenvalue weighted by atomic mass is 9.68. The van der Waals surface area contributed by atoms with E-state index in [0.29, 0.717) is 12.2 Å². The number of esters is 1. The van der Waals surface area contributed by atoms with E-state index in [-0.39, 0.29) is 5.97 Å². The zero-order valence-corrected chi connectivity index (χ0v) is 19.4. The van der Waals surface area contributed by atoms with Gasteiger partial charge in [-0.05, 0) is 80.8 Å². The molecule has 1 heterocycles. The fourth-order valence-corrected chi connectivity index (χ4v) is 5.78. The maximum Gasteiger partial charge on any atom is 0.311 e. The first kappa shape index (κ1) is 23.3. The molecule has 0 spiro atoms. The fraction of sp³-hybridized carbons (Fsp3) is 0.778. The minimum atomic E-state index is -0.151. The highest BCUT2D eigenvalue weighted by atomic mass is 16.5. The van der Waals surface area contributed by atoms with E-state index in [0.717, 1.165) is 48.6 Å². The number of unbranched alkanes of at least 4 members (excludes halogenated alkanes) is 1. The molecule has 0 amide bonds. The summed E-state index contributed by atoms with van der Waals surface area (Å²) < 4.78 is 5.35. The second kappa shape index (κ2) is 12.5. The third kappa shape index (κ3) is 7.39. The van der Waals surface area contributed by atoms with E-state index in [1.807, 2.05) is 12.1 Å². The average Bonchev–Trinajstić information content (AvgIpc) is 2.78. The van der Waals surface area contributed by atoms with E-state index in [4.69, 9.17) is 4.74 Å². The highest BCUT2D eigenvalue weighted by molar-refractivity contribution is 5.72. The molecule has 0 N–H and O–H groups in total. The first-order valence-corrected chi connectivity index (χ1v) is 12.8. The summed E-state index contributed by atoms with van der Waals surface area (Å²) in [6, 6.07) is 3.93. The molecule has 0 aromatic carbocycles. The Balaban J connectivity index is 1.33. The number of rotatable bonds is 10. The van der Waals surface area contributed by atoms with Crippen LogP contribution in [0.15, 0.2) is 18.3 Å². The predicted molar refractivity (Wildman–Crippen MR) is 124 cm³/mol. The molecule has 0 aliphatic heterocycles. The van der Waals surface area contributed by atoms with Gasteiger partial charge >= 0.3 is 5.97 Å². The first-order chi connectivity index (χ1) is 14.7. The molecular weight excluding hydrogens is 370 g/mol. The molecular formula is C27H43NO2. The van der Waals surface area contributed by atoms with Crippen LogP contribution in [0.2, 0.25) is 0 Å². The fourth-order valence-electron chi connectivity index (χ4n) is 5.78. The summed E-state index contributed by atoms with van der Waals surface area (Å²) in [6.07, 6.45) is 20.9. The zero-order valence-electron chi connectivity index (χ0n) is 19.4. The number of hydrogen-bond donors (Lipinski definition) is 0. The van der Waals surface area contributed by atoms with Gasteiger partial charge in [-0.1, -0.05) is 58.8 Å². The lowest BCUT2D eigenvalue weighted by molar-refractivity contribution is -0.134. The van der Waals surface area contributed by atoms with E-state index < -0.39 is 0 Å². The second-order valence-electron chi connectivity index (χ2n) is 9.95. The van der Waals surface area contributed by atoms with Gasteiger partial charge in [-0.25, -0.2) is 0 Å². The zero-order chi connectivity index (χ0) is 21.2. The predicted octanol–water partition coefficient (Wildman–Crippen LogP) is 7.52. The molecule has 30 heavy (non-hydrogen) atoms. The summed E-state index contributed by atoms with van der Waals surface area (Å²) in [5.74, 6) is 4.35. The topological polar surface area (TPSA) is 39.2 Å². The molecule has 0 saturated heterocycles. The van der Waals surface area contributed by atoms with E-state index in [1.165, 1.54) is 70.6 Å². The van der Waals surface area contributed by atoms with Crippen LogP contribution in [0.25, 0.3) is 0 Å². The number of pyridine rings is 1. The molecule has 0 radical (unpaired) electrons. The minimum absolute atomic E-state index is 0.151. The average molecular weight is 414 g/mol. The van der Waals surface area contributed by atoms with E-state index in [9.17, 15) is 4.79 Å². The molecule has 168 valence electrons. The molecule has 3 nitrogen and oxygen atoms in total. The Morgan fingerprint density at radius 2 is 1.53 bits per heavy atom. The van der Waals surface area contributed by atoms with Crippen molar-refractivity contribution in [3.63, 3.8) is 0 Å². The van der Waals surface area contributed by atoms with Gasteiger partial charge in [0.1, 0.15) is 5.75 Å². The van der Waals surface area contributed by atoms with Crippen LogP contribution >= 0.6 is 0 Å². The number of ether oxygens (including phenoxy) is 1. The Morgan fingerprint density at radius 3 is 2.07 bits per heavy atom. The molecule has 1 aromatic heterocycles. The van der Waals surface area contributed by atoms with E-state index in [1.54, 1.807) is 6.20 Å². The van der Waals surface area contributed by atoms with Gasteiger partial charge in [0.05, 0.1) is 6.20 Å². The molecule has 2 fully saturated rings. The lowest BCUT2D eigenvalue weighted by Crippen LogP contribution is -2.26. The summed E-state index contributed by atoms with van der Waals surface area (Å²) in [5, 5.41) is 0. The van der Waals surface area contributed by atoms with Crippen LogP contribution in [-0.4, -0.2) is 11.0 Å². The summed E-state index contributed by atoms with van der Waals surface area (Å²) >= 11 is 0. The number of hydrogen-bond acceptors (Lipinski definition) is 3. The quantitative estimate of drug-likeness (QED) is 0.372. The molecule has 3 heteroatoms. The molecule has 2 saturated carbocycles. The minimum Gasteiger partial charge on any atom is -0.425 e. The van der Waals surface area contributed by atoms with Crippen molar-refractivity contribution in [2.45, 2.75) is 110 Å². The van der Waals surface area contributed by atoms with Crippen molar-refractivity contribution >= 4 is 5.97 Å². The Morgan fingerprint density at radius 1 is 0.900 bits per heavy atom. The summed E-state index contributed by atoms with van der Waals surface area (Å²) in [4.78, 5) is 16.3. The normalized spacial score (nSPS) is 27.0. The highest BCUT2D eigenvalue weighted by Gasteiger charge is 2.30. The second-order valence-corrected chi connectivity index (χ2v) is 9.95. The van der Waals surface area contributed by atoms with Crippen LogP contribution in [0, 0.1) is 23.7 Å². The monoisotopic (exact) mass is 413 g/mol. The highest BCUT2D eigenvalue weighted by Crippen LogP contribution is 2.42. The number of carbonyl (C=O) groups excluding carboxylic acids is 1. The van der Waals surface area contributed by atoms with Crippen molar-refractivity contribution in [3.05, 3.63) is 24.0 Å². The molecule has 1 aromatic rings. The largest absolute Gasteiger partial charge is 0.425 e. The van der Waals surface area contributed by atoms with Gasteiger partial charge < -0.3 is 4.74 Å². The number of nitrogens with zero attached hydrogens (tertiary/aromatic N) is 1. The Hall–Kier alpha value is -1.38. The SMILES string of the molecule is CCCCC(=O)Oc1ccc(CCC2CCC(C3CCC(CCC)CC3)CC2)nc1. The molecule has 0 bridgehead atoms. The van der Waals surface area contributed by atoms with Crippen LogP contribution in [0.5, 0.6) is 5.75 Å². The maximum absolute atomic E-state index is 11.7. The molecule has 2 aliphatic rings. The van der Waals surface area contributed by atoms with Crippen LogP contribution in [0.1, 0.15) is 109 Å². The maximum atomic E-state index is 11.7. The number of carbonyl (C=O) groups is 1. The van der Waals surface area contributed by atoms with Crippen molar-refractivity contribution in [1.82, 2.24) is 4.98 Å². The summed E-state index contributed by atoms with van der Waals surface area (Å²) in [5.41, 5.74) is 1.12. The van der Waals surface area contributed by atoms with Gasteiger partial charge in [0.2, 0.25) is 0 Å². The first-order valence-electron chi connectivity index (χ1n) is 12.8. The van der Waals surface area contributed by atoms with Crippen molar-refractivity contribution in [3.8, 4) is 5.75 Å². The Kier molecular flexibility index (Phi) is 9.68. The number of aryl methyl sites for hydroxylation is 1. The van der Waals surface area contributed by atoms with Crippen LogP contribution in [0.3, 0.4) is 0 Å². The Bertz CT molecular complexity index is 610. The van der Waals surface area contributed by atoms with Crippen LogP contribution in [0.4, 0.5) is 0 Å². The van der Waals surface area contributed by atoms with Crippen LogP contribution < -0.4 is 4.74 Å². The number of aromatic nitrogens is 1. The summed E-state index contributed by atoms with van der Waals surface area (Å²) in [7, 11) is 0. The van der Waals surface area contributed by atoms with Crippen LogP contribution in [-0.2, 0) is 11.2 Å². The molecule has 3 rings (SSSR count). The molecule has 2 aliphatic carbocycles. The van der Waals surface area contributed by atoms with E-state index >= 15 is 0 Å². The molecule has 0 atom stereocenters.